The zero-order chi connectivity index (χ0) is 17.2. The fourth-order valence-corrected chi connectivity index (χ4v) is 4.71. The number of carboxylic acids is 1. The van der Waals surface area contributed by atoms with Crippen LogP contribution in [0.2, 0.25) is 0 Å². The van der Waals surface area contributed by atoms with Crippen LogP contribution in [0, 0.1) is 5.92 Å². The molecule has 2 atom stereocenters. The summed E-state index contributed by atoms with van der Waals surface area (Å²) in [6.07, 6.45) is 1.72. The number of hydrogen-bond acceptors (Lipinski definition) is 3. The van der Waals surface area contributed by atoms with Crippen LogP contribution in [0.25, 0.3) is 10.8 Å². The first-order valence-electron chi connectivity index (χ1n) is 8.71. The lowest BCUT2D eigenvalue weighted by Crippen LogP contribution is -2.41. The molecule has 0 saturated carbocycles. The minimum Gasteiger partial charge on any atom is -0.481 e. The van der Waals surface area contributed by atoms with Crippen LogP contribution in [-0.4, -0.2) is 29.1 Å². The Morgan fingerprint density at radius 1 is 1.12 bits per heavy atom. The van der Waals surface area contributed by atoms with E-state index in [0.717, 1.165) is 19.4 Å². The molecule has 1 saturated heterocycles. The molecule has 0 bridgehead atoms. The normalized spacial score (nSPS) is 19.8. The van der Waals surface area contributed by atoms with E-state index in [1.165, 1.54) is 21.2 Å². The van der Waals surface area contributed by atoms with Gasteiger partial charge in [-0.2, -0.15) is 0 Å². The lowest BCUT2D eigenvalue weighted by molar-refractivity contribution is -0.143. The topological polar surface area (TPSA) is 40.5 Å². The van der Waals surface area contributed by atoms with E-state index in [0.29, 0.717) is 6.54 Å². The Morgan fingerprint density at radius 2 is 1.96 bits per heavy atom. The first-order valence-corrected chi connectivity index (χ1v) is 9.59. The summed E-state index contributed by atoms with van der Waals surface area (Å²) in [4.78, 5) is 15.1. The van der Waals surface area contributed by atoms with Gasteiger partial charge in [-0.15, -0.1) is 11.3 Å². The molecule has 2 heterocycles. The van der Waals surface area contributed by atoms with Crippen molar-refractivity contribution in [2.45, 2.75) is 18.9 Å². The second kappa shape index (κ2) is 6.98. The maximum atomic E-state index is 11.5. The van der Waals surface area contributed by atoms with Crippen LogP contribution in [0.3, 0.4) is 0 Å². The fraction of sp³-hybridized carbons (Fsp3) is 0.286. The van der Waals surface area contributed by atoms with Gasteiger partial charge in [-0.1, -0.05) is 42.5 Å². The number of hydrogen-bond donors (Lipinski definition) is 1. The van der Waals surface area contributed by atoms with Crippen molar-refractivity contribution in [3.8, 4) is 0 Å². The summed E-state index contributed by atoms with van der Waals surface area (Å²) in [5, 5.41) is 14.0. The highest BCUT2D eigenvalue weighted by molar-refractivity contribution is 7.10. The average molecular weight is 351 g/mol. The number of carbonyl (C=O) groups is 1. The Hall–Kier alpha value is -2.17. The smallest absolute Gasteiger partial charge is 0.307 e. The summed E-state index contributed by atoms with van der Waals surface area (Å²) in [6.45, 7) is 1.56. The predicted octanol–water partition coefficient (Wildman–Crippen LogP) is 4.79. The Balaban J connectivity index is 1.74. The van der Waals surface area contributed by atoms with E-state index in [1.807, 2.05) is 0 Å². The standard InChI is InChI=1S/C21H21NO2S/c23-21(24)18-7-3-11-22(14-18)20(19-8-4-12-25-19)17-10-9-15-5-1-2-6-16(15)13-17/h1-2,4-6,8-10,12-13,18,20H,3,7,11,14H2,(H,23,24). The van der Waals surface area contributed by atoms with Crippen molar-refractivity contribution in [1.29, 1.82) is 0 Å². The van der Waals surface area contributed by atoms with E-state index >= 15 is 0 Å². The summed E-state index contributed by atoms with van der Waals surface area (Å²) in [5.41, 5.74) is 1.24. The second-order valence-electron chi connectivity index (χ2n) is 6.70. The summed E-state index contributed by atoms with van der Waals surface area (Å²) < 4.78 is 0. The van der Waals surface area contributed by atoms with Gasteiger partial charge in [0.15, 0.2) is 0 Å². The van der Waals surface area contributed by atoms with E-state index in [9.17, 15) is 9.90 Å². The number of piperidine rings is 1. The molecule has 4 heteroatoms. The summed E-state index contributed by atoms with van der Waals surface area (Å²) in [6, 6.07) is 19.4. The molecule has 0 radical (unpaired) electrons. The molecule has 1 aromatic heterocycles. The van der Waals surface area contributed by atoms with Crippen molar-refractivity contribution in [3.05, 3.63) is 70.4 Å². The lowest BCUT2D eigenvalue weighted by Gasteiger charge is -2.37. The van der Waals surface area contributed by atoms with Crippen molar-refractivity contribution in [1.82, 2.24) is 4.90 Å². The third kappa shape index (κ3) is 3.32. The summed E-state index contributed by atoms with van der Waals surface area (Å²) >= 11 is 1.75. The molecular weight excluding hydrogens is 330 g/mol. The summed E-state index contributed by atoms with van der Waals surface area (Å²) in [7, 11) is 0. The molecule has 0 spiro atoms. The number of benzene rings is 2. The van der Waals surface area contributed by atoms with Crippen molar-refractivity contribution < 1.29 is 9.90 Å². The van der Waals surface area contributed by atoms with Crippen molar-refractivity contribution in [3.63, 3.8) is 0 Å². The third-order valence-corrected chi connectivity index (χ3v) is 5.99. The fourth-order valence-electron chi connectivity index (χ4n) is 3.82. The molecule has 2 aromatic carbocycles. The van der Waals surface area contributed by atoms with Gasteiger partial charge in [0.05, 0.1) is 12.0 Å². The van der Waals surface area contributed by atoms with Gasteiger partial charge in [-0.3, -0.25) is 9.69 Å². The number of likely N-dealkylation sites (tertiary alicyclic amines) is 1. The Kier molecular flexibility index (Phi) is 4.55. The van der Waals surface area contributed by atoms with Crippen LogP contribution in [0.4, 0.5) is 0 Å². The van der Waals surface area contributed by atoms with E-state index in [2.05, 4.69) is 64.9 Å². The Bertz CT molecular complexity index is 874. The van der Waals surface area contributed by atoms with Gasteiger partial charge in [-0.05, 0) is 53.2 Å². The highest BCUT2D eigenvalue weighted by Crippen LogP contribution is 2.36. The van der Waals surface area contributed by atoms with Gasteiger partial charge in [0.2, 0.25) is 0 Å². The molecule has 1 fully saturated rings. The second-order valence-corrected chi connectivity index (χ2v) is 7.68. The van der Waals surface area contributed by atoms with Gasteiger partial charge in [0, 0.05) is 11.4 Å². The number of carboxylic acid groups (broad SMARTS) is 1. The minimum atomic E-state index is -0.673. The van der Waals surface area contributed by atoms with E-state index in [4.69, 9.17) is 0 Å². The average Bonchev–Trinajstić information content (AvgIpc) is 3.16. The van der Waals surface area contributed by atoms with E-state index in [-0.39, 0.29) is 12.0 Å². The van der Waals surface area contributed by atoms with Crippen LogP contribution in [-0.2, 0) is 4.79 Å². The van der Waals surface area contributed by atoms with E-state index < -0.39 is 5.97 Å². The molecular formula is C21H21NO2S. The first-order chi connectivity index (χ1) is 12.2. The van der Waals surface area contributed by atoms with Gasteiger partial charge in [0.25, 0.3) is 0 Å². The Labute approximate surface area is 151 Å². The number of thiophene rings is 1. The van der Waals surface area contributed by atoms with Gasteiger partial charge in [0.1, 0.15) is 0 Å². The molecule has 1 aliphatic rings. The molecule has 1 N–H and O–H groups in total. The molecule has 0 aliphatic carbocycles. The quantitative estimate of drug-likeness (QED) is 0.735. The highest BCUT2D eigenvalue weighted by atomic mass is 32.1. The monoisotopic (exact) mass is 351 g/mol. The number of aliphatic carboxylic acids is 1. The minimum absolute atomic E-state index is 0.131. The van der Waals surface area contributed by atoms with Gasteiger partial charge in [-0.25, -0.2) is 0 Å². The number of fused-ring (bicyclic) bond motifs is 1. The molecule has 1 aliphatic heterocycles. The van der Waals surface area contributed by atoms with Crippen molar-refractivity contribution >= 4 is 28.1 Å². The maximum absolute atomic E-state index is 11.5. The highest BCUT2D eigenvalue weighted by Gasteiger charge is 2.31. The van der Waals surface area contributed by atoms with Crippen LogP contribution in [0.1, 0.15) is 29.3 Å². The molecule has 4 rings (SSSR count). The van der Waals surface area contributed by atoms with Crippen LogP contribution in [0.15, 0.2) is 60.0 Å². The van der Waals surface area contributed by atoms with Crippen LogP contribution >= 0.6 is 11.3 Å². The molecule has 128 valence electrons. The van der Waals surface area contributed by atoms with Gasteiger partial charge < -0.3 is 5.11 Å². The van der Waals surface area contributed by atoms with Gasteiger partial charge >= 0.3 is 5.97 Å². The predicted molar refractivity (Wildman–Crippen MR) is 102 cm³/mol. The zero-order valence-electron chi connectivity index (χ0n) is 14.0. The molecule has 3 aromatic rings. The zero-order valence-corrected chi connectivity index (χ0v) is 14.8. The number of rotatable bonds is 4. The van der Waals surface area contributed by atoms with Crippen LogP contribution in [0.5, 0.6) is 0 Å². The first kappa shape index (κ1) is 16.3. The Morgan fingerprint density at radius 3 is 2.72 bits per heavy atom. The third-order valence-electron chi connectivity index (χ3n) is 5.07. The molecule has 25 heavy (non-hydrogen) atoms. The lowest BCUT2D eigenvalue weighted by atomic mass is 9.93. The van der Waals surface area contributed by atoms with Crippen LogP contribution < -0.4 is 0 Å². The van der Waals surface area contributed by atoms with Crippen molar-refractivity contribution in [2.75, 3.05) is 13.1 Å². The molecule has 0 amide bonds. The molecule has 3 nitrogen and oxygen atoms in total. The number of nitrogens with zero attached hydrogens (tertiary/aromatic N) is 1. The molecule has 2 unspecified atom stereocenters. The SMILES string of the molecule is O=C(O)C1CCCN(C(c2ccc3ccccc3c2)c2cccs2)C1. The largest absolute Gasteiger partial charge is 0.481 e. The summed E-state index contributed by atoms with van der Waals surface area (Å²) in [5.74, 6) is -0.940. The maximum Gasteiger partial charge on any atom is 0.307 e. The van der Waals surface area contributed by atoms with Crippen molar-refractivity contribution in [2.24, 2.45) is 5.92 Å². The van der Waals surface area contributed by atoms with E-state index in [1.54, 1.807) is 11.3 Å².